The van der Waals surface area contributed by atoms with Crippen LogP contribution in [0.5, 0.6) is 0 Å². The second kappa shape index (κ2) is 8.71. The van der Waals surface area contributed by atoms with Crippen molar-refractivity contribution in [2.45, 2.75) is 26.2 Å². The number of piperidine rings is 1. The number of carboxylic acids is 1. The van der Waals surface area contributed by atoms with E-state index in [1.165, 1.54) is 18.1 Å². The quantitative estimate of drug-likeness (QED) is 0.690. The lowest BCUT2D eigenvalue weighted by molar-refractivity contribution is -0.155. The first-order valence-electron chi connectivity index (χ1n) is 8.85. The smallest absolute Gasteiger partial charge is 0.313 e. The number of ether oxygens (including phenoxy) is 1. The summed E-state index contributed by atoms with van der Waals surface area (Å²) in [4.78, 5) is 26.1. The monoisotopic (exact) mass is 398 g/mol. The van der Waals surface area contributed by atoms with Gasteiger partial charge in [-0.2, -0.15) is 0 Å². The number of carbonyl (C=O) groups excluding carboxylic acids is 1. The van der Waals surface area contributed by atoms with Crippen molar-refractivity contribution in [3.05, 3.63) is 29.8 Å². The van der Waals surface area contributed by atoms with E-state index in [2.05, 4.69) is 4.72 Å². The molecule has 8 nitrogen and oxygen atoms in total. The van der Waals surface area contributed by atoms with Crippen LogP contribution in [0.1, 0.15) is 36.5 Å². The molecule has 0 bridgehead atoms. The van der Waals surface area contributed by atoms with Gasteiger partial charge >= 0.3 is 5.97 Å². The molecule has 0 saturated carbocycles. The van der Waals surface area contributed by atoms with E-state index in [4.69, 9.17) is 4.74 Å². The van der Waals surface area contributed by atoms with E-state index in [1.807, 2.05) is 0 Å². The molecular weight excluding hydrogens is 372 g/mol. The van der Waals surface area contributed by atoms with Gasteiger partial charge in [-0.15, -0.1) is 0 Å². The Morgan fingerprint density at radius 2 is 2.11 bits per heavy atom. The Kier molecular flexibility index (Phi) is 6.83. The Labute approximate surface area is 159 Å². The van der Waals surface area contributed by atoms with E-state index in [1.54, 1.807) is 25.1 Å². The van der Waals surface area contributed by atoms with Gasteiger partial charge in [0.1, 0.15) is 5.41 Å². The molecule has 150 valence electrons. The number of methoxy groups -OCH3 is 1. The molecule has 1 saturated heterocycles. The molecule has 1 aromatic carbocycles. The Balaban J connectivity index is 2.20. The van der Waals surface area contributed by atoms with Crippen LogP contribution in [-0.4, -0.2) is 62.9 Å². The van der Waals surface area contributed by atoms with Crippen LogP contribution in [0.15, 0.2) is 24.3 Å². The molecule has 1 unspecified atom stereocenters. The zero-order chi connectivity index (χ0) is 20.1. The molecule has 1 aliphatic rings. The van der Waals surface area contributed by atoms with Gasteiger partial charge in [-0.25, -0.2) is 8.42 Å². The normalized spacial score (nSPS) is 20.3. The van der Waals surface area contributed by atoms with Gasteiger partial charge in [-0.3, -0.25) is 14.3 Å². The predicted molar refractivity (Wildman–Crippen MR) is 101 cm³/mol. The second-order valence-electron chi connectivity index (χ2n) is 6.85. The van der Waals surface area contributed by atoms with Gasteiger partial charge in [-0.1, -0.05) is 13.0 Å². The minimum atomic E-state index is -3.46. The van der Waals surface area contributed by atoms with Gasteiger partial charge in [0.05, 0.1) is 12.4 Å². The summed E-state index contributed by atoms with van der Waals surface area (Å²) in [6.07, 6.45) is 1.49. The van der Waals surface area contributed by atoms with Gasteiger partial charge < -0.3 is 14.7 Å². The van der Waals surface area contributed by atoms with Crippen LogP contribution in [0.4, 0.5) is 5.69 Å². The molecule has 1 aliphatic heterocycles. The summed E-state index contributed by atoms with van der Waals surface area (Å²) in [6, 6.07) is 6.24. The summed E-state index contributed by atoms with van der Waals surface area (Å²) < 4.78 is 31.4. The molecule has 1 heterocycles. The van der Waals surface area contributed by atoms with Crippen LogP contribution in [0.25, 0.3) is 0 Å². The second-order valence-corrected chi connectivity index (χ2v) is 8.69. The van der Waals surface area contributed by atoms with Crippen molar-refractivity contribution in [3.8, 4) is 0 Å². The lowest BCUT2D eigenvalue weighted by Gasteiger charge is -2.39. The highest BCUT2D eigenvalue weighted by Gasteiger charge is 2.44. The number of rotatable bonds is 8. The first kappa shape index (κ1) is 21.2. The molecule has 9 heteroatoms. The van der Waals surface area contributed by atoms with Crippen LogP contribution in [-0.2, 0) is 19.6 Å². The van der Waals surface area contributed by atoms with Gasteiger partial charge in [-0.05, 0) is 37.5 Å². The van der Waals surface area contributed by atoms with Gasteiger partial charge in [0, 0.05) is 31.5 Å². The van der Waals surface area contributed by atoms with Crippen molar-refractivity contribution < 1.29 is 27.9 Å². The number of carboxylic acid groups (broad SMARTS) is 1. The maximum atomic E-state index is 12.9. The van der Waals surface area contributed by atoms with E-state index < -0.39 is 21.4 Å². The highest BCUT2D eigenvalue weighted by molar-refractivity contribution is 7.92. The minimum Gasteiger partial charge on any atom is -0.481 e. The zero-order valence-electron chi connectivity index (χ0n) is 15.6. The fourth-order valence-electron chi connectivity index (χ4n) is 3.33. The fraction of sp³-hybridized carbons (Fsp3) is 0.556. The predicted octanol–water partition coefficient (Wildman–Crippen LogP) is 1.79. The summed E-state index contributed by atoms with van der Waals surface area (Å²) >= 11 is 0. The number of sulfonamides is 1. The molecule has 0 aromatic heterocycles. The number of benzene rings is 1. The lowest BCUT2D eigenvalue weighted by atomic mass is 9.80. The summed E-state index contributed by atoms with van der Waals surface area (Å²) in [5.41, 5.74) is -0.499. The summed E-state index contributed by atoms with van der Waals surface area (Å²) in [6.45, 7) is 2.30. The van der Waals surface area contributed by atoms with Crippen LogP contribution < -0.4 is 4.72 Å². The Morgan fingerprint density at radius 1 is 1.37 bits per heavy atom. The van der Waals surface area contributed by atoms with Crippen molar-refractivity contribution in [2.75, 3.05) is 37.3 Å². The number of anilines is 1. The molecule has 0 aliphatic carbocycles. The van der Waals surface area contributed by atoms with Gasteiger partial charge in [0.15, 0.2) is 0 Å². The number of nitrogens with one attached hydrogen (secondary N) is 1. The van der Waals surface area contributed by atoms with Crippen molar-refractivity contribution in [1.82, 2.24) is 4.90 Å². The topological polar surface area (TPSA) is 113 Å². The Morgan fingerprint density at radius 3 is 2.74 bits per heavy atom. The molecule has 1 atom stereocenters. The molecule has 1 aromatic rings. The minimum absolute atomic E-state index is 0.00452. The van der Waals surface area contributed by atoms with Crippen molar-refractivity contribution in [1.29, 1.82) is 0 Å². The van der Waals surface area contributed by atoms with E-state index in [-0.39, 0.29) is 24.8 Å². The first-order chi connectivity index (χ1) is 12.7. The Bertz CT molecular complexity index is 791. The highest BCUT2D eigenvalue weighted by Crippen LogP contribution is 2.31. The lowest BCUT2D eigenvalue weighted by Crippen LogP contribution is -2.52. The first-order valence-corrected chi connectivity index (χ1v) is 10.5. The molecule has 1 fully saturated rings. The molecule has 0 radical (unpaired) electrons. The van der Waals surface area contributed by atoms with Crippen LogP contribution >= 0.6 is 0 Å². The molecule has 2 rings (SSSR count). The maximum absolute atomic E-state index is 12.9. The van der Waals surface area contributed by atoms with E-state index in [0.717, 1.165) is 0 Å². The number of likely N-dealkylation sites (tertiary alicyclic amines) is 1. The van der Waals surface area contributed by atoms with Gasteiger partial charge in [0.2, 0.25) is 10.0 Å². The number of carbonyl (C=O) groups is 2. The maximum Gasteiger partial charge on any atom is 0.313 e. The largest absolute Gasteiger partial charge is 0.481 e. The zero-order valence-corrected chi connectivity index (χ0v) is 16.4. The molecule has 1 amide bonds. The molecule has 0 spiro atoms. The van der Waals surface area contributed by atoms with Crippen molar-refractivity contribution >= 4 is 27.6 Å². The van der Waals surface area contributed by atoms with Crippen LogP contribution in [0.3, 0.4) is 0 Å². The summed E-state index contributed by atoms with van der Waals surface area (Å²) in [5.74, 6) is -1.31. The molecule has 2 N–H and O–H groups in total. The van der Waals surface area contributed by atoms with E-state index >= 15 is 0 Å². The van der Waals surface area contributed by atoms with Gasteiger partial charge in [0.25, 0.3) is 5.91 Å². The summed E-state index contributed by atoms with van der Waals surface area (Å²) in [7, 11) is -2.02. The average molecular weight is 398 g/mol. The van der Waals surface area contributed by atoms with Crippen molar-refractivity contribution in [3.63, 3.8) is 0 Å². The third kappa shape index (κ3) is 5.20. The fourth-order valence-corrected chi connectivity index (χ4v) is 4.46. The van der Waals surface area contributed by atoms with Crippen LogP contribution in [0.2, 0.25) is 0 Å². The van der Waals surface area contributed by atoms with Crippen LogP contribution in [0, 0.1) is 5.41 Å². The third-order valence-electron chi connectivity index (χ3n) is 4.59. The average Bonchev–Trinajstić information content (AvgIpc) is 2.61. The number of hydrogen-bond donors (Lipinski definition) is 2. The number of nitrogens with zero attached hydrogens (tertiary/aromatic N) is 1. The number of hydrogen-bond acceptors (Lipinski definition) is 5. The van der Waals surface area contributed by atoms with E-state index in [0.29, 0.717) is 37.1 Å². The number of aliphatic carboxylic acids is 1. The molecular formula is C18H26N2O6S. The standard InChI is InChI=1S/C18H26N2O6S/c1-3-10-27(24,25)19-15-7-4-6-14(11-15)16(21)20-9-5-8-18(12-20,13-26-2)17(22)23/h4,6-7,11,19H,3,5,8-10,12-13H2,1-2H3,(H,22,23). The molecule has 27 heavy (non-hydrogen) atoms. The van der Waals surface area contributed by atoms with Crippen molar-refractivity contribution in [2.24, 2.45) is 5.41 Å². The number of amides is 1. The highest BCUT2D eigenvalue weighted by atomic mass is 32.2. The van der Waals surface area contributed by atoms with E-state index in [9.17, 15) is 23.1 Å². The SMILES string of the molecule is CCCS(=O)(=O)Nc1cccc(C(=O)N2CCCC(COC)(C(=O)O)C2)c1. The summed E-state index contributed by atoms with van der Waals surface area (Å²) in [5, 5.41) is 9.62. The Hall–Kier alpha value is -2.13. The third-order valence-corrected chi connectivity index (χ3v) is 6.09.